The molecule has 2 fully saturated rings. The second-order valence-electron chi connectivity index (χ2n) is 9.16. The highest BCUT2D eigenvalue weighted by Gasteiger charge is 2.29. The lowest BCUT2D eigenvalue weighted by Crippen LogP contribution is -2.50. The van der Waals surface area contributed by atoms with Gasteiger partial charge in [-0.25, -0.2) is 9.37 Å². The average Bonchev–Trinajstić information content (AvgIpc) is 3.70. The molecule has 1 saturated heterocycles. The number of hydrogen-bond donors (Lipinski definition) is 1. The molecule has 1 saturated carbocycles. The molecule has 0 atom stereocenters. The zero-order valence-corrected chi connectivity index (χ0v) is 19.5. The van der Waals surface area contributed by atoms with Gasteiger partial charge in [0.2, 0.25) is 11.8 Å². The minimum atomic E-state index is -0.351. The SMILES string of the molecule is O=C(CN1CCN(C(=O)CCc2nc3ccccc3c(=O)n2C2CC2)CC1)Nc1ccc(F)cc1. The number of amides is 2. The summed E-state index contributed by atoms with van der Waals surface area (Å²) in [5.74, 6) is 0.193. The van der Waals surface area contributed by atoms with Crippen LogP contribution in [-0.4, -0.2) is 63.9 Å². The van der Waals surface area contributed by atoms with E-state index in [1.807, 2.05) is 28.0 Å². The van der Waals surface area contributed by atoms with E-state index in [4.69, 9.17) is 4.98 Å². The molecule has 2 aliphatic rings. The summed E-state index contributed by atoms with van der Waals surface area (Å²) in [6, 6.07) is 13.2. The van der Waals surface area contributed by atoms with Crippen LogP contribution >= 0.6 is 0 Å². The van der Waals surface area contributed by atoms with E-state index >= 15 is 0 Å². The maximum atomic E-state index is 13.0. The number of nitrogens with one attached hydrogen (secondary N) is 1. The quantitative estimate of drug-likeness (QED) is 0.565. The monoisotopic (exact) mass is 477 g/mol. The number of piperazine rings is 1. The number of aromatic nitrogens is 2. The highest BCUT2D eigenvalue weighted by Crippen LogP contribution is 2.35. The highest BCUT2D eigenvalue weighted by molar-refractivity contribution is 5.92. The van der Waals surface area contributed by atoms with Gasteiger partial charge in [-0.3, -0.25) is 23.9 Å². The number of aryl methyl sites for hydroxylation is 1. The van der Waals surface area contributed by atoms with Crippen LogP contribution < -0.4 is 10.9 Å². The van der Waals surface area contributed by atoms with Crippen molar-refractivity contribution < 1.29 is 14.0 Å². The maximum absolute atomic E-state index is 13.0. The Kier molecular flexibility index (Phi) is 6.59. The van der Waals surface area contributed by atoms with Crippen molar-refractivity contribution in [3.8, 4) is 0 Å². The molecule has 0 spiro atoms. The number of carbonyl (C=O) groups is 2. The molecular weight excluding hydrogens is 449 g/mol. The second-order valence-corrected chi connectivity index (χ2v) is 9.16. The molecule has 9 heteroatoms. The molecule has 1 aliphatic carbocycles. The third kappa shape index (κ3) is 5.40. The van der Waals surface area contributed by atoms with Gasteiger partial charge < -0.3 is 10.2 Å². The second kappa shape index (κ2) is 9.95. The highest BCUT2D eigenvalue weighted by atomic mass is 19.1. The number of fused-ring (bicyclic) bond motifs is 1. The van der Waals surface area contributed by atoms with Gasteiger partial charge >= 0.3 is 0 Å². The number of rotatable bonds is 7. The van der Waals surface area contributed by atoms with Crippen molar-refractivity contribution in [2.75, 3.05) is 38.0 Å². The largest absolute Gasteiger partial charge is 0.340 e. The molecule has 5 rings (SSSR count). The number of halogens is 1. The predicted molar refractivity (Wildman–Crippen MR) is 131 cm³/mol. The Hall–Kier alpha value is -3.59. The fourth-order valence-electron chi connectivity index (χ4n) is 4.55. The van der Waals surface area contributed by atoms with Crippen LogP contribution in [0.25, 0.3) is 10.9 Å². The van der Waals surface area contributed by atoms with Crippen LogP contribution in [0.3, 0.4) is 0 Å². The van der Waals surface area contributed by atoms with Gasteiger partial charge in [0.05, 0.1) is 17.4 Å². The molecule has 2 heterocycles. The van der Waals surface area contributed by atoms with Gasteiger partial charge in [-0.2, -0.15) is 0 Å². The van der Waals surface area contributed by atoms with Crippen LogP contribution in [-0.2, 0) is 16.0 Å². The summed E-state index contributed by atoms with van der Waals surface area (Å²) in [5.41, 5.74) is 1.20. The smallest absolute Gasteiger partial charge is 0.261 e. The summed E-state index contributed by atoms with van der Waals surface area (Å²) in [6.07, 6.45) is 2.66. The molecule has 1 N–H and O–H groups in total. The lowest BCUT2D eigenvalue weighted by atomic mass is 10.2. The van der Waals surface area contributed by atoms with Crippen molar-refractivity contribution in [2.24, 2.45) is 0 Å². The van der Waals surface area contributed by atoms with E-state index in [-0.39, 0.29) is 35.8 Å². The number of carbonyl (C=O) groups excluding carboxylic acids is 2. The summed E-state index contributed by atoms with van der Waals surface area (Å²) in [7, 11) is 0. The first-order valence-electron chi connectivity index (χ1n) is 12.0. The van der Waals surface area contributed by atoms with E-state index in [2.05, 4.69) is 5.32 Å². The third-order valence-electron chi connectivity index (χ3n) is 6.58. The molecule has 2 aromatic carbocycles. The van der Waals surface area contributed by atoms with Crippen LogP contribution in [0.15, 0.2) is 53.3 Å². The van der Waals surface area contributed by atoms with Gasteiger partial charge in [0.15, 0.2) is 0 Å². The fourth-order valence-corrected chi connectivity index (χ4v) is 4.55. The van der Waals surface area contributed by atoms with Crippen LogP contribution in [0.4, 0.5) is 10.1 Å². The summed E-state index contributed by atoms with van der Waals surface area (Å²) < 4.78 is 14.8. The first-order chi connectivity index (χ1) is 17.0. The molecule has 2 amide bonds. The fraction of sp³-hybridized carbons (Fsp3) is 0.385. The molecule has 0 radical (unpaired) electrons. The first kappa shape index (κ1) is 23.2. The van der Waals surface area contributed by atoms with Gasteiger partial charge in [-0.05, 0) is 49.2 Å². The van der Waals surface area contributed by atoms with Gasteiger partial charge in [0, 0.05) is 50.7 Å². The van der Waals surface area contributed by atoms with Crippen LogP contribution in [0.2, 0.25) is 0 Å². The Morgan fingerprint density at radius 3 is 2.43 bits per heavy atom. The number of para-hydroxylation sites is 1. The number of hydrogen-bond acceptors (Lipinski definition) is 5. The number of benzene rings is 2. The maximum Gasteiger partial charge on any atom is 0.261 e. The Labute approximate surface area is 202 Å². The Bertz CT molecular complexity index is 1290. The molecule has 8 nitrogen and oxygen atoms in total. The van der Waals surface area contributed by atoms with Crippen molar-refractivity contribution in [1.29, 1.82) is 0 Å². The van der Waals surface area contributed by atoms with Gasteiger partial charge in [0.1, 0.15) is 11.6 Å². The minimum absolute atomic E-state index is 0.0203. The van der Waals surface area contributed by atoms with E-state index < -0.39 is 0 Å². The van der Waals surface area contributed by atoms with Crippen molar-refractivity contribution in [3.63, 3.8) is 0 Å². The minimum Gasteiger partial charge on any atom is -0.340 e. The van der Waals surface area contributed by atoms with Gasteiger partial charge in [-0.15, -0.1) is 0 Å². The van der Waals surface area contributed by atoms with Crippen molar-refractivity contribution in [2.45, 2.75) is 31.7 Å². The Morgan fingerprint density at radius 2 is 1.71 bits per heavy atom. The predicted octanol–water partition coefficient (Wildman–Crippen LogP) is 2.59. The molecule has 0 bridgehead atoms. The van der Waals surface area contributed by atoms with Crippen molar-refractivity contribution in [3.05, 3.63) is 70.5 Å². The first-order valence-corrected chi connectivity index (χ1v) is 12.0. The topological polar surface area (TPSA) is 87.5 Å². The molecule has 182 valence electrons. The Morgan fingerprint density at radius 1 is 1.00 bits per heavy atom. The summed E-state index contributed by atoms with van der Waals surface area (Å²) in [4.78, 5) is 46.7. The molecule has 0 unspecified atom stereocenters. The lowest BCUT2D eigenvalue weighted by Gasteiger charge is -2.34. The van der Waals surface area contributed by atoms with E-state index in [9.17, 15) is 18.8 Å². The zero-order valence-electron chi connectivity index (χ0n) is 19.5. The normalized spacial score (nSPS) is 16.4. The lowest BCUT2D eigenvalue weighted by molar-refractivity contribution is -0.133. The van der Waals surface area contributed by atoms with Crippen molar-refractivity contribution >= 4 is 28.4 Å². The summed E-state index contributed by atoms with van der Waals surface area (Å²) in [6.45, 7) is 2.51. The van der Waals surface area contributed by atoms with Crippen LogP contribution in [0, 0.1) is 5.82 Å². The molecule has 35 heavy (non-hydrogen) atoms. The van der Waals surface area contributed by atoms with Crippen LogP contribution in [0.1, 0.15) is 31.1 Å². The average molecular weight is 478 g/mol. The van der Waals surface area contributed by atoms with E-state index in [0.29, 0.717) is 61.4 Å². The van der Waals surface area contributed by atoms with Gasteiger partial charge in [-0.1, -0.05) is 12.1 Å². The van der Waals surface area contributed by atoms with Gasteiger partial charge in [0.25, 0.3) is 5.56 Å². The molecule has 1 aromatic heterocycles. The van der Waals surface area contributed by atoms with Crippen molar-refractivity contribution in [1.82, 2.24) is 19.4 Å². The molecule has 1 aliphatic heterocycles. The standard InChI is InChI=1S/C26H28FN5O3/c27-18-5-7-19(8-6-18)28-24(33)17-30-13-15-31(16-14-30)25(34)12-11-23-29-22-4-2-1-3-21(22)26(35)32(23)20-9-10-20/h1-8,20H,9-17H2,(H,28,33). The van der Waals surface area contributed by atoms with E-state index in [1.165, 1.54) is 24.3 Å². The number of anilines is 1. The van der Waals surface area contributed by atoms with Crippen LogP contribution in [0.5, 0.6) is 0 Å². The van der Waals surface area contributed by atoms with E-state index in [1.54, 1.807) is 10.6 Å². The number of nitrogens with zero attached hydrogens (tertiary/aromatic N) is 4. The zero-order chi connectivity index (χ0) is 24.4. The molecular formula is C26H28FN5O3. The molecule has 3 aromatic rings. The van der Waals surface area contributed by atoms with E-state index in [0.717, 1.165) is 12.8 Å². The summed E-state index contributed by atoms with van der Waals surface area (Å²) in [5, 5.41) is 3.38. The Balaban J connectivity index is 1.14. The third-order valence-corrected chi connectivity index (χ3v) is 6.58. The summed E-state index contributed by atoms with van der Waals surface area (Å²) >= 11 is 0.